The fourth-order valence-corrected chi connectivity index (χ4v) is 2.44. The highest BCUT2D eigenvalue weighted by Crippen LogP contribution is 2.54. The lowest BCUT2D eigenvalue weighted by molar-refractivity contribution is -0.148. The second-order valence-electron chi connectivity index (χ2n) is 4.44. The number of hydrogen-bond acceptors (Lipinski definition) is 1. The number of ketones is 1. The summed E-state index contributed by atoms with van der Waals surface area (Å²) in [5.74, 6) is 1.35. The van der Waals surface area contributed by atoms with E-state index in [0.717, 1.165) is 6.42 Å². The molecule has 60 valence electrons. The van der Waals surface area contributed by atoms with E-state index in [2.05, 4.69) is 26.8 Å². The topological polar surface area (TPSA) is 17.1 Å². The minimum Gasteiger partial charge on any atom is -0.298 e. The molecule has 1 heteroatoms. The Kier molecular flexibility index (Phi) is 1.14. The molecular weight excluding hydrogens is 136 g/mol. The van der Waals surface area contributed by atoms with Gasteiger partial charge in [-0.15, -0.1) is 0 Å². The van der Waals surface area contributed by atoms with Crippen LogP contribution in [0.4, 0.5) is 0 Å². The van der Waals surface area contributed by atoms with Crippen LogP contribution in [0.2, 0.25) is 0 Å². The predicted octanol–water partition coefficient (Wildman–Crippen LogP) is 2.18. The van der Waals surface area contributed by atoms with Crippen molar-refractivity contribution in [2.45, 2.75) is 27.2 Å². The van der Waals surface area contributed by atoms with Crippen LogP contribution in [0.1, 0.15) is 27.2 Å². The van der Waals surface area contributed by atoms with E-state index < -0.39 is 0 Å². The molecule has 2 aliphatic rings. The maximum atomic E-state index is 11.5. The highest BCUT2D eigenvalue weighted by molar-refractivity contribution is 5.95. The van der Waals surface area contributed by atoms with Crippen LogP contribution in [0.3, 0.4) is 0 Å². The molecule has 0 N–H and O–H groups in total. The summed E-state index contributed by atoms with van der Waals surface area (Å²) in [5.41, 5.74) is 1.37. The molecule has 0 amide bonds. The maximum absolute atomic E-state index is 11.5. The van der Waals surface area contributed by atoms with Gasteiger partial charge in [-0.3, -0.25) is 4.79 Å². The Hall–Kier alpha value is -0.590. The third-order valence-corrected chi connectivity index (χ3v) is 3.30. The minimum absolute atomic E-state index is 0.0288. The highest BCUT2D eigenvalue weighted by Gasteiger charge is 2.56. The molecule has 0 spiro atoms. The van der Waals surface area contributed by atoms with E-state index in [0.29, 0.717) is 11.7 Å². The zero-order valence-corrected chi connectivity index (χ0v) is 7.35. The molecular formula is C10H14O. The van der Waals surface area contributed by atoms with Crippen LogP contribution in [0, 0.1) is 17.3 Å². The van der Waals surface area contributed by atoms with Gasteiger partial charge in [-0.1, -0.05) is 25.5 Å². The van der Waals surface area contributed by atoms with Gasteiger partial charge >= 0.3 is 0 Å². The molecule has 2 rings (SSSR count). The van der Waals surface area contributed by atoms with E-state index >= 15 is 0 Å². The Morgan fingerprint density at radius 2 is 2.18 bits per heavy atom. The molecule has 2 aliphatic carbocycles. The van der Waals surface area contributed by atoms with E-state index in [1.165, 1.54) is 5.57 Å². The van der Waals surface area contributed by atoms with Crippen molar-refractivity contribution < 1.29 is 4.79 Å². The smallest absolute Gasteiger partial charge is 0.145 e. The van der Waals surface area contributed by atoms with Gasteiger partial charge in [0.1, 0.15) is 5.78 Å². The van der Waals surface area contributed by atoms with Gasteiger partial charge in [-0.25, -0.2) is 0 Å². The number of carbonyl (C=O) groups excluding carboxylic acids is 1. The zero-order valence-electron chi connectivity index (χ0n) is 7.35. The number of Topliss-reactive ketones (excluding diaryl/α,β-unsaturated/α-hetero) is 1. The normalized spacial score (nSPS) is 39.5. The number of fused-ring (bicyclic) bond motifs is 1. The number of hydrogen-bond donors (Lipinski definition) is 0. The van der Waals surface area contributed by atoms with Crippen molar-refractivity contribution in [3.63, 3.8) is 0 Å². The largest absolute Gasteiger partial charge is 0.298 e. The summed E-state index contributed by atoms with van der Waals surface area (Å²) in [6.45, 7) is 6.27. The first kappa shape index (κ1) is 7.08. The van der Waals surface area contributed by atoms with Crippen molar-refractivity contribution in [1.29, 1.82) is 0 Å². The van der Waals surface area contributed by atoms with Crippen LogP contribution < -0.4 is 0 Å². The van der Waals surface area contributed by atoms with E-state index in [4.69, 9.17) is 0 Å². The van der Waals surface area contributed by atoms with Crippen LogP contribution in [-0.2, 0) is 4.79 Å². The van der Waals surface area contributed by atoms with Gasteiger partial charge in [0, 0.05) is 11.3 Å². The van der Waals surface area contributed by atoms with Crippen LogP contribution in [0.25, 0.3) is 0 Å². The third-order valence-electron chi connectivity index (χ3n) is 3.30. The van der Waals surface area contributed by atoms with Crippen molar-refractivity contribution >= 4 is 5.78 Å². The van der Waals surface area contributed by atoms with Gasteiger partial charge in [0.05, 0.1) is 0 Å². The van der Waals surface area contributed by atoms with Crippen molar-refractivity contribution in [1.82, 2.24) is 0 Å². The van der Waals surface area contributed by atoms with Crippen LogP contribution in [-0.4, -0.2) is 5.78 Å². The van der Waals surface area contributed by atoms with Gasteiger partial charge in [-0.2, -0.15) is 0 Å². The SMILES string of the molecule is CC1=CC2C(=O)C(C)(C)C2C1. The molecule has 0 radical (unpaired) electrons. The lowest BCUT2D eigenvalue weighted by Gasteiger charge is -2.45. The van der Waals surface area contributed by atoms with Crippen molar-refractivity contribution in [2.75, 3.05) is 0 Å². The van der Waals surface area contributed by atoms with E-state index in [1.807, 2.05) is 0 Å². The van der Waals surface area contributed by atoms with Gasteiger partial charge in [-0.05, 0) is 19.3 Å². The fourth-order valence-electron chi connectivity index (χ4n) is 2.44. The molecule has 0 bridgehead atoms. The average Bonchev–Trinajstić information content (AvgIpc) is 2.29. The molecule has 1 saturated carbocycles. The zero-order chi connectivity index (χ0) is 8.22. The molecule has 0 aromatic carbocycles. The molecule has 0 aromatic rings. The maximum Gasteiger partial charge on any atom is 0.145 e. The molecule has 1 nitrogen and oxygen atoms in total. The van der Waals surface area contributed by atoms with Crippen molar-refractivity contribution in [3.8, 4) is 0 Å². The summed E-state index contributed by atoms with van der Waals surface area (Å²) >= 11 is 0. The second kappa shape index (κ2) is 1.77. The summed E-state index contributed by atoms with van der Waals surface area (Å²) in [6, 6.07) is 0. The third kappa shape index (κ3) is 0.688. The standard InChI is InChI=1S/C10H14O/c1-6-4-7-8(5-6)10(2,3)9(7)11/h4,7-8H,5H2,1-3H3. The fraction of sp³-hybridized carbons (Fsp3) is 0.700. The van der Waals surface area contributed by atoms with Gasteiger partial charge in [0.25, 0.3) is 0 Å². The molecule has 0 heterocycles. The molecule has 0 saturated heterocycles. The Labute approximate surface area is 67.5 Å². The number of allylic oxidation sites excluding steroid dienone is 2. The first-order chi connectivity index (χ1) is 5.03. The quantitative estimate of drug-likeness (QED) is 0.484. The van der Waals surface area contributed by atoms with Crippen LogP contribution in [0.5, 0.6) is 0 Å². The Bertz CT molecular complexity index is 248. The van der Waals surface area contributed by atoms with Gasteiger partial charge in [0.2, 0.25) is 0 Å². The van der Waals surface area contributed by atoms with E-state index in [1.54, 1.807) is 0 Å². The highest BCUT2D eigenvalue weighted by atomic mass is 16.1. The molecule has 0 aliphatic heterocycles. The lowest BCUT2D eigenvalue weighted by Crippen LogP contribution is -2.51. The molecule has 1 fully saturated rings. The van der Waals surface area contributed by atoms with Gasteiger partial charge < -0.3 is 0 Å². The number of carbonyl (C=O) groups is 1. The molecule has 11 heavy (non-hydrogen) atoms. The first-order valence-corrected chi connectivity index (χ1v) is 4.25. The second-order valence-corrected chi connectivity index (χ2v) is 4.44. The Morgan fingerprint density at radius 1 is 1.55 bits per heavy atom. The van der Waals surface area contributed by atoms with E-state index in [-0.39, 0.29) is 11.3 Å². The monoisotopic (exact) mass is 150 g/mol. The summed E-state index contributed by atoms with van der Waals surface area (Å²) in [7, 11) is 0. The summed E-state index contributed by atoms with van der Waals surface area (Å²) in [6.07, 6.45) is 3.29. The molecule has 0 aromatic heterocycles. The average molecular weight is 150 g/mol. The lowest BCUT2D eigenvalue weighted by atomic mass is 9.56. The summed E-state index contributed by atoms with van der Waals surface area (Å²) < 4.78 is 0. The summed E-state index contributed by atoms with van der Waals surface area (Å²) in [4.78, 5) is 11.5. The molecule has 2 atom stereocenters. The number of rotatable bonds is 0. The van der Waals surface area contributed by atoms with Crippen LogP contribution >= 0.6 is 0 Å². The summed E-state index contributed by atoms with van der Waals surface area (Å²) in [5, 5.41) is 0. The van der Waals surface area contributed by atoms with Crippen molar-refractivity contribution in [3.05, 3.63) is 11.6 Å². The molecule has 2 unspecified atom stereocenters. The van der Waals surface area contributed by atoms with Gasteiger partial charge in [0.15, 0.2) is 0 Å². The predicted molar refractivity (Wildman–Crippen MR) is 44.1 cm³/mol. The Balaban J connectivity index is 2.27. The van der Waals surface area contributed by atoms with Crippen LogP contribution in [0.15, 0.2) is 11.6 Å². The first-order valence-electron chi connectivity index (χ1n) is 4.25. The minimum atomic E-state index is -0.0288. The van der Waals surface area contributed by atoms with Crippen molar-refractivity contribution in [2.24, 2.45) is 17.3 Å². The Morgan fingerprint density at radius 3 is 2.73 bits per heavy atom. The van der Waals surface area contributed by atoms with E-state index in [9.17, 15) is 4.79 Å².